The maximum Gasteiger partial charge on any atom is 0.277 e. The van der Waals surface area contributed by atoms with Crippen LogP contribution in [0.15, 0.2) is 48.7 Å². The number of amides is 1. The Morgan fingerprint density at radius 2 is 2.00 bits per heavy atom. The van der Waals surface area contributed by atoms with Crippen molar-refractivity contribution in [3.05, 3.63) is 59.9 Å². The average molecular weight is 320 g/mol. The van der Waals surface area contributed by atoms with E-state index in [2.05, 4.69) is 10.4 Å². The molecule has 0 spiro atoms. The third-order valence-corrected chi connectivity index (χ3v) is 4.29. The summed E-state index contributed by atoms with van der Waals surface area (Å²) < 4.78 is 5.17. The number of nitrogens with one attached hydrogen (secondary N) is 1. The molecule has 0 bridgehead atoms. The number of hydrazine groups is 1. The van der Waals surface area contributed by atoms with Gasteiger partial charge in [-0.15, -0.1) is 0 Å². The summed E-state index contributed by atoms with van der Waals surface area (Å²) in [7, 11) is 1.63. The van der Waals surface area contributed by atoms with Gasteiger partial charge in [0.1, 0.15) is 11.4 Å². The number of nitrogen functional groups attached to an aromatic ring is 1. The quantitative estimate of drug-likeness (QED) is 0.570. The highest BCUT2D eigenvalue weighted by Crippen LogP contribution is 2.39. The van der Waals surface area contributed by atoms with Gasteiger partial charge in [0.15, 0.2) is 0 Å². The first-order valence-electron chi connectivity index (χ1n) is 7.56. The van der Waals surface area contributed by atoms with E-state index in [4.69, 9.17) is 10.6 Å². The maximum atomic E-state index is 12.8. The number of pyridine rings is 1. The van der Waals surface area contributed by atoms with Gasteiger partial charge in [0, 0.05) is 10.8 Å². The number of anilines is 2. The SMILES string of the molecule is COc1ccc(CN2C(=O)c3ncc(NN)c4cccc2c34)cc1. The van der Waals surface area contributed by atoms with Gasteiger partial charge in [0.05, 0.1) is 31.2 Å². The second-order valence-electron chi connectivity index (χ2n) is 5.60. The molecule has 3 N–H and O–H groups in total. The number of carbonyl (C=O) groups excluding carboxylic acids is 1. The molecule has 0 radical (unpaired) electrons. The van der Waals surface area contributed by atoms with Gasteiger partial charge < -0.3 is 15.1 Å². The largest absolute Gasteiger partial charge is 0.497 e. The van der Waals surface area contributed by atoms with Crippen molar-refractivity contribution in [2.24, 2.45) is 5.84 Å². The van der Waals surface area contributed by atoms with Gasteiger partial charge >= 0.3 is 0 Å². The van der Waals surface area contributed by atoms with Gasteiger partial charge in [-0.1, -0.05) is 24.3 Å². The predicted octanol–water partition coefficient (Wildman–Crippen LogP) is 2.69. The van der Waals surface area contributed by atoms with Crippen LogP contribution < -0.4 is 20.9 Å². The van der Waals surface area contributed by atoms with Gasteiger partial charge in [0.25, 0.3) is 5.91 Å². The van der Waals surface area contributed by atoms with E-state index in [0.717, 1.165) is 27.8 Å². The molecule has 0 fully saturated rings. The van der Waals surface area contributed by atoms with E-state index in [1.165, 1.54) is 0 Å². The maximum absolute atomic E-state index is 12.8. The fourth-order valence-electron chi connectivity index (χ4n) is 3.09. The lowest BCUT2D eigenvalue weighted by molar-refractivity contribution is 0.0987. The summed E-state index contributed by atoms with van der Waals surface area (Å²) in [6.07, 6.45) is 1.59. The minimum atomic E-state index is -0.0967. The van der Waals surface area contributed by atoms with Crippen LogP contribution in [0.4, 0.5) is 11.4 Å². The monoisotopic (exact) mass is 320 g/mol. The Labute approximate surface area is 138 Å². The summed E-state index contributed by atoms with van der Waals surface area (Å²) in [5.41, 5.74) is 5.68. The minimum Gasteiger partial charge on any atom is -0.497 e. The number of aromatic nitrogens is 1. The van der Waals surface area contributed by atoms with E-state index in [1.807, 2.05) is 42.5 Å². The molecular weight excluding hydrogens is 304 g/mol. The molecule has 6 heteroatoms. The van der Waals surface area contributed by atoms with Crippen molar-refractivity contribution in [1.82, 2.24) is 4.98 Å². The molecule has 0 aliphatic carbocycles. The van der Waals surface area contributed by atoms with Crippen LogP contribution in [0.2, 0.25) is 0 Å². The van der Waals surface area contributed by atoms with Crippen LogP contribution in [0.25, 0.3) is 10.8 Å². The van der Waals surface area contributed by atoms with Crippen molar-refractivity contribution in [2.75, 3.05) is 17.4 Å². The molecule has 2 heterocycles. The second kappa shape index (κ2) is 5.50. The zero-order valence-corrected chi connectivity index (χ0v) is 13.1. The number of nitrogens with zero attached hydrogens (tertiary/aromatic N) is 2. The number of benzene rings is 2. The number of carbonyl (C=O) groups is 1. The smallest absolute Gasteiger partial charge is 0.277 e. The first-order valence-corrected chi connectivity index (χ1v) is 7.56. The molecule has 120 valence electrons. The van der Waals surface area contributed by atoms with E-state index in [1.54, 1.807) is 18.2 Å². The Kier molecular flexibility index (Phi) is 3.32. The second-order valence-corrected chi connectivity index (χ2v) is 5.60. The standard InChI is InChI=1S/C18H16N4O2/c1-24-12-7-5-11(6-8-12)10-22-15-4-2-3-13-14(21-19)9-20-17(16(13)15)18(22)23/h2-9,21H,10,19H2,1H3. The van der Waals surface area contributed by atoms with E-state index in [9.17, 15) is 4.79 Å². The Balaban J connectivity index is 1.77. The lowest BCUT2D eigenvalue weighted by Crippen LogP contribution is -2.26. The minimum absolute atomic E-state index is 0.0967. The fraction of sp³-hybridized carbons (Fsp3) is 0.111. The van der Waals surface area contributed by atoms with Crippen LogP contribution >= 0.6 is 0 Å². The van der Waals surface area contributed by atoms with Gasteiger partial charge in [-0.3, -0.25) is 10.6 Å². The molecule has 1 aliphatic rings. The molecule has 6 nitrogen and oxygen atoms in total. The molecule has 24 heavy (non-hydrogen) atoms. The molecule has 0 saturated carbocycles. The summed E-state index contributed by atoms with van der Waals surface area (Å²) in [6.45, 7) is 0.476. The molecule has 0 saturated heterocycles. The summed E-state index contributed by atoms with van der Waals surface area (Å²) in [4.78, 5) is 18.8. The molecule has 0 unspecified atom stereocenters. The van der Waals surface area contributed by atoms with E-state index >= 15 is 0 Å². The molecular formula is C18H16N4O2. The summed E-state index contributed by atoms with van der Waals surface area (Å²) >= 11 is 0. The summed E-state index contributed by atoms with van der Waals surface area (Å²) in [6, 6.07) is 13.5. The van der Waals surface area contributed by atoms with E-state index in [0.29, 0.717) is 17.9 Å². The van der Waals surface area contributed by atoms with Crippen molar-refractivity contribution in [1.29, 1.82) is 0 Å². The first-order chi connectivity index (χ1) is 11.7. The topological polar surface area (TPSA) is 80.5 Å². The molecule has 1 amide bonds. The van der Waals surface area contributed by atoms with Crippen molar-refractivity contribution >= 4 is 28.1 Å². The number of rotatable bonds is 4. The van der Waals surface area contributed by atoms with Crippen LogP contribution in [0.3, 0.4) is 0 Å². The molecule has 4 rings (SSSR count). The van der Waals surface area contributed by atoms with Crippen LogP contribution in [0, 0.1) is 0 Å². The lowest BCUT2D eigenvalue weighted by Gasteiger charge is -2.17. The van der Waals surface area contributed by atoms with Gasteiger partial charge in [-0.05, 0) is 23.8 Å². The van der Waals surface area contributed by atoms with Crippen LogP contribution in [-0.2, 0) is 6.54 Å². The van der Waals surface area contributed by atoms with Gasteiger partial charge in [0.2, 0.25) is 0 Å². The lowest BCUT2D eigenvalue weighted by atomic mass is 10.1. The van der Waals surface area contributed by atoms with Gasteiger partial charge in [-0.2, -0.15) is 0 Å². The first kappa shape index (κ1) is 14.5. The van der Waals surface area contributed by atoms with E-state index in [-0.39, 0.29) is 5.91 Å². The van der Waals surface area contributed by atoms with Crippen LogP contribution in [-0.4, -0.2) is 18.0 Å². The summed E-state index contributed by atoms with van der Waals surface area (Å²) in [5, 5.41) is 1.73. The highest BCUT2D eigenvalue weighted by Gasteiger charge is 2.31. The van der Waals surface area contributed by atoms with Crippen molar-refractivity contribution in [3.63, 3.8) is 0 Å². The van der Waals surface area contributed by atoms with Crippen LogP contribution in [0.5, 0.6) is 5.75 Å². The molecule has 3 aromatic rings. The highest BCUT2D eigenvalue weighted by atomic mass is 16.5. The van der Waals surface area contributed by atoms with Crippen molar-refractivity contribution in [3.8, 4) is 5.75 Å². The molecule has 0 atom stereocenters. The molecule has 1 aliphatic heterocycles. The molecule has 1 aromatic heterocycles. The summed E-state index contributed by atoms with van der Waals surface area (Å²) in [5.74, 6) is 6.25. The van der Waals surface area contributed by atoms with Crippen molar-refractivity contribution in [2.45, 2.75) is 6.54 Å². The normalized spacial score (nSPS) is 12.8. The van der Waals surface area contributed by atoms with Crippen molar-refractivity contribution < 1.29 is 9.53 Å². The Morgan fingerprint density at radius 1 is 1.21 bits per heavy atom. The number of hydrogen-bond donors (Lipinski definition) is 2. The number of methoxy groups -OCH3 is 1. The molecule has 2 aromatic carbocycles. The number of ether oxygens (including phenoxy) is 1. The Bertz CT molecular complexity index is 938. The third kappa shape index (κ3) is 2.08. The van der Waals surface area contributed by atoms with Crippen LogP contribution in [0.1, 0.15) is 16.1 Å². The number of hydrogen-bond acceptors (Lipinski definition) is 5. The number of nitrogens with two attached hydrogens (primary N) is 1. The predicted molar refractivity (Wildman–Crippen MR) is 93.1 cm³/mol. The average Bonchev–Trinajstić information content (AvgIpc) is 2.90. The fourth-order valence-corrected chi connectivity index (χ4v) is 3.09. The zero-order chi connectivity index (χ0) is 16.7. The highest BCUT2D eigenvalue weighted by molar-refractivity contribution is 6.25. The van der Waals surface area contributed by atoms with Gasteiger partial charge in [-0.25, -0.2) is 4.98 Å². The van der Waals surface area contributed by atoms with E-state index < -0.39 is 0 Å². The Morgan fingerprint density at radius 3 is 2.71 bits per heavy atom. The Hall–Kier alpha value is -3.12. The third-order valence-electron chi connectivity index (χ3n) is 4.29. The zero-order valence-electron chi connectivity index (χ0n) is 13.1.